The first-order chi connectivity index (χ1) is 12.2. The van der Waals surface area contributed by atoms with E-state index in [1.54, 1.807) is 0 Å². The van der Waals surface area contributed by atoms with E-state index in [2.05, 4.69) is 11.7 Å². The molecule has 0 spiro atoms. The van der Waals surface area contributed by atoms with Crippen LogP contribution in [0, 0.1) is 0 Å². The van der Waals surface area contributed by atoms with Gasteiger partial charge in [0.05, 0.1) is 19.3 Å². The molecule has 2 unspecified atom stereocenters. The van der Waals surface area contributed by atoms with Crippen LogP contribution < -0.4 is 0 Å². The Morgan fingerprint density at radius 2 is 1.40 bits per heavy atom. The van der Waals surface area contributed by atoms with E-state index in [4.69, 9.17) is 4.74 Å². The van der Waals surface area contributed by atoms with Gasteiger partial charge in [0.1, 0.15) is 0 Å². The molecule has 0 aliphatic carbocycles. The van der Waals surface area contributed by atoms with Gasteiger partial charge in [-0.1, -0.05) is 71.1 Å². The second-order valence-electron chi connectivity index (χ2n) is 7.00. The first kappa shape index (κ1) is 24.4. The van der Waals surface area contributed by atoms with E-state index in [9.17, 15) is 9.90 Å². The maximum Gasteiger partial charge on any atom is 0.305 e. The Labute approximate surface area is 155 Å². The van der Waals surface area contributed by atoms with Crippen molar-refractivity contribution in [3.8, 4) is 0 Å². The minimum absolute atomic E-state index is 0.0179. The van der Waals surface area contributed by atoms with Crippen LogP contribution in [0.25, 0.3) is 0 Å². The van der Waals surface area contributed by atoms with Gasteiger partial charge in [0, 0.05) is 13.0 Å². The predicted octanol–water partition coefficient (Wildman–Crippen LogP) is 5.41. The van der Waals surface area contributed by atoms with Crippen LogP contribution in [-0.4, -0.2) is 37.0 Å². The molecular formula is C21H42O4. The van der Waals surface area contributed by atoms with E-state index >= 15 is 0 Å². The highest BCUT2D eigenvalue weighted by atomic mass is 16.5. The number of aliphatic hydroxyl groups is 1. The third-order valence-electron chi connectivity index (χ3n) is 4.76. The van der Waals surface area contributed by atoms with Crippen LogP contribution in [0.5, 0.6) is 0 Å². The molecule has 25 heavy (non-hydrogen) atoms. The molecule has 0 saturated carbocycles. The van der Waals surface area contributed by atoms with Crippen molar-refractivity contribution in [3.63, 3.8) is 0 Å². The molecule has 0 saturated heterocycles. The molecule has 0 radical (unpaired) electrons. The molecule has 0 heterocycles. The van der Waals surface area contributed by atoms with E-state index in [-0.39, 0.29) is 18.2 Å². The maximum atomic E-state index is 11.0. The number of carbonyl (C=O) groups excluding carboxylic acids is 1. The fourth-order valence-corrected chi connectivity index (χ4v) is 3.17. The molecule has 0 aromatic heterocycles. The molecule has 2 atom stereocenters. The Balaban J connectivity index is 3.72. The molecule has 0 fully saturated rings. The Hall–Kier alpha value is -0.610. The van der Waals surface area contributed by atoms with Crippen molar-refractivity contribution in [1.82, 2.24) is 0 Å². The van der Waals surface area contributed by atoms with Gasteiger partial charge >= 0.3 is 5.97 Å². The van der Waals surface area contributed by atoms with E-state index < -0.39 is 0 Å². The van der Waals surface area contributed by atoms with Gasteiger partial charge in [-0.2, -0.15) is 0 Å². The van der Waals surface area contributed by atoms with Gasteiger partial charge in [0.15, 0.2) is 0 Å². The summed E-state index contributed by atoms with van der Waals surface area (Å²) in [5.41, 5.74) is 0. The zero-order valence-corrected chi connectivity index (χ0v) is 16.9. The van der Waals surface area contributed by atoms with Gasteiger partial charge in [-0.15, -0.1) is 0 Å². The standard InChI is InChI=1S/C21H42O4/c1-4-6-7-8-10-13-16-19(22)20(25-5-2)17-14-11-9-12-15-18-21(23)24-3/h19-20,22H,4-18H2,1-3H3. The average molecular weight is 359 g/mol. The number of unbranched alkanes of at least 4 members (excludes halogenated alkanes) is 9. The van der Waals surface area contributed by atoms with Crippen molar-refractivity contribution >= 4 is 5.97 Å². The van der Waals surface area contributed by atoms with E-state index in [1.165, 1.54) is 39.2 Å². The van der Waals surface area contributed by atoms with Gasteiger partial charge < -0.3 is 14.6 Å². The predicted molar refractivity (Wildman–Crippen MR) is 104 cm³/mol. The second kappa shape index (κ2) is 18.2. The highest BCUT2D eigenvalue weighted by molar-refractivity contribution is 5.68. The third kappa shape index (κ3) is 15.4. The lowest BCUT2D eigenvalue weighted by Crippen LogP contribution is -2.29. The molecule has 0 amide bonds. The lowest BCUT2D eigenvalue weighted by atomic mass is 9.99. The van der Waals surface area contributed by atoms with Crippen molar-refractivity contribution in [2.75, 3.05) is 13.7 Å². The normalized spacial score (nSPS) is 13.6. The minimum atomic E-state index is -0.328. The van der Waals surface area contributed by atoms with Crippen LogP contribution in [0.3, 0.4) is 0 Å². The Bertz CT molecular complexity index is 294. The summed E-state index contributed by atoms with van der Waals surface area (Å²) < 4.78 is 10.4. The summed E-state index contributed by atoms with van der Waals surface area (Å²) in [6, 6.07) is 0. The SMILES string of the molecule is CCCCCCCCC(O)C(CCCCCCCC(=O)OC)OCC. The Morgan fingerprint density at radius 1 is 0.840 bits per heavy atom. The fourth-order valence-electron chi connectivity index (χ4n) is 3.17. The number of hydrogen-bond donors (Lipinski definition) is 1. The van der Waals surface area contributed by atoms with Crippen molar-refractivity contribution in [2.24, 2.45) is 0 Å². The Morgan fingerprint density at radius 3 is 2.00 bits per heavy atom. The Kier molecular flexibility index (Phi) is 17.7. The average Bonchev–Trinajstić information content (AvgIpc) is 2.62. The topological polar surface area (TPSA) is 55.8 Å². The molecule has 1 N–H and O–H groups in total. The van der Waals surface area contributed by atoms with Crippen molar-refractivity contribution in [1.29, 1.82) is 0 Å². The quantitative estimate of drug-likeness (QED) is 0.263. The van der Waals surface area contributed by atoms with Crippen molar-refractivity contribution in [2.45, 2.75) is 116 Å². The number of ether oxygens (including phenoxy) is 2. The molecular weight excluding hydrogens is 316 g/mol. The van der Waals surface area contributed by atoms with Gasteiger partial charge in [0.25, 0.3) is 0 Å². The van der Waals surface area contributed by atoms with Crippen LogP contribution in [0.1, 0.15) is 104 Å². The zero-order chi connectivity index (χ0) is 18.8. The molecule has 0 aromatic rings. The summed E-state index contributed by atoms with van der Waals surface area (Å²) in [5.74, 6) is -0.116. The number of aliphatic hydroxyl groups excluding tert-OH is 1. The number of hydrogen-bond acceptors (Lipinski definition) is 4. The number of methoxy groups -OCH3 is 1. The lowest BCUT2D eigenvalue weighted by molar-refractivity contribution is -0.140. The maximum absolute atomic E-state index is 11.0. The van der Waals surface area contributed by atoms with Gasteiger partial charge in [-0.3, -0.25) is 4.79 Å². The van der Waals surface area contributed by atoms with Crippen LogP contribution in [0.15, 0.2) is 0 Å². The van der Waals surface area contributed by atoms with Crippen LogP contribution in [0.4, 0.5) is 0 Å². The third-order valence-corrected chi connectivity index (χ3v) is 4.76. The molecule has 4 heteroatoms. The lowest BCUT2D eigenvalue weighted by Gasteiger charge is -2.23. The largest absolute Gasteiger partial charge is 0.469 e. The summed E-state index contributed by atoms with van der Waals surface area (Å²) in [6.07, 6.45) is 14.8. The van der Waals surface area contributed by atoms with Crippen molar-refractivity contribution < 1.29 is 19.4 Å². The molecule has 0 rings (SSSR count). The molecule has 0 bridgehead atoms. The highest BCUT2D eigenvalue weighted by Gasteiger charge is 2.18. The summed E-state index contributed by atoms with van der Waals surface area (Å²) in [5, 5.41) is 10.4. The van der Waals surface area contributed by atoms with Crippen molar-refractivity contribution in [3.05, 3.63) is 0 Å². The monoisotopic (exact) mass is 358 g/mol. The smallest absolute Gasteiger partial charge is 0.305 e. The highest BCUT2D eigenvalue weighted by Crippen LogP contribution is 2.17. The van der Waals surface area contributed by atoms with Gasteiger partial charge in [-0.25, -0.2) is 0 Å². The molecule has 4 nitrogen and oxygen atoms in total. The summed E-state index contributed by atoms with van der Waals surface area (Å²) in [4.78, 5) is 11.0. The number of rotatable bonds is 18. The number of carbonyl (C=O) groups is 1. The molecule has 0 aliphatic rings. The van der Waals surface area contributed by atoms with Crippen LogP contribution in [0.2, 0.25) is 0 Å². The first-order valence-corrected chi connectivity index (χ1v) is 10.5. The van der Waals surface area contributed by atoms with Crippen LogP contribution in [-0.2, 0) is 14.3 Å². The first-order valence-electron chi connectivity index (χ1n) is 10.5. The summed E-state index contributed by atoms with van der Waals surface area (Å²) in [6.45, 7) is 4.89. The van der Waals surface area contributed by atoms with Gasteiger partial charge in [0.2, 0.25) is 0 Å². The van der Waals surface area contributed by atoms with Crippen LogP contribution >= 0.6 is 0 Å². The van der Waals surface area contributed by atoms with E-state index in [0.717, 1.165) is 51.4 Å². The molecule has 150 valence electrons. The molecule has 0 aromatic carbocycles. The molecule has 0 aliphatic heterocycles. The van der Waals surface area contributed by atoms with E-state index in [1.807, 2.05) is 6.92 Å². The van der Waals surface area contributed by atoms with E-state index in [0.29, 0.717) is 13.0 Å². The minimum Gasteiger partial charge on any atom is -0.469 e. The zero-order valence-electron chi connectivity index (χ0n) is 16.9. The summed E-state index contributed by atoms with van der Waals surface area (Å²) in [7, 11) is 1.44. The number of esters is 1. The fraction of sp³-hybridized carbons (Fsp3) is 0.952. The summed E-state index contributed by atoms with van der Waals surface area (Å²) >= 11 is 0. The second-order valence-corrected chi connectivity index (χ2v) is 7.00. The van der Waals surface area contributed by atoms with Gasteiger partial charge in [-0.05, 0) is 26.2 Å².